The first-order valence-corrected chi connectivity index (χ1v) is 7.65. The summed E-state index contributed by atoms with van der Waals surface area (Å²) in [5.41, 5.74) is 6.04. The maximum Gasteiger partial charge on any atom is 0.240 e. The summed E-state index contributed by atoms with van der Waals surface area (Å²) in [4.78, 5) is 14.6. The van der Waals surface area contributed by atoms with Crippen LogP contribution in [0.3, 0.4) is 0 Å². The second kappa shape index (κ2) is 6.05. The first-order valence-electron chi connectivity index (χ1n) is 7.65. The highest BCUT2D eigenvalue weighted by Crippen LogP contribution is 2.32. The lowest BCUT2D eigenvalue weighted by Crippen LogP contribution is -2.49. The summed E-state index contributed by atoms with van der Waals surface area (Å²) in [5.74, 6) is 1.16. The molecule has 1 amide bonds. The number of hydrogen-bond donors (Lipinski definition) is 1. The summed E-state index contributed by atoms with van der Waals surface area (Å²) in [5, 5.41) is 0. The zero-order chi connectivity index (χ0) is 13.1. The molecule has 0 heterocycles. The number of nitrogens with zero attached hydrogens (tertiary/aromatic N) is 1. The lowest BCUT2D eigenvalue weighted by Gasteiger charge is -2.32. The van der Waals surface area contributed by atoms with Crippen LogP contribution in [0.5, 0.6) is 0 Å². The van der Waals surface area contributed by atoms with Gasteiger partial charge in [-0.15, -0.1) is 0 Å². The Balaban J connectivity index is 1.92. The molecule has 0 bridgehead atoms. The Bertz CT molecular complexity index is 280. The monoisotopic (exact) mass is 252 g/mol. The molecule has 0 saturated heterocycles. The molecule has 0 aromatic rings. The summed E-state index contributed by atoms with van der Waals surface area (Å²) in [6.07, 6.45) is 9.02. The third kappa shape index (κ3) is 3.47. The normalized spacial score (nSPS) is 23.1. The number of hydrogen-bond acceptors (Lipinski definition) is 2. The fourth-order valence-corrected chi connectivity index (χ4v) is 2.93. The van der Waals surface area contributed by atoms with Gasteiger partial charge < -0.3 is 10.6 Å². The summed E-state index contributed by atoms with van der Waals surface area (Å²) < 4.78 is 0. The quantitative estimate of drug-likeness (QED) is 0.817. The van der Waals surface area contributed by atoms with Gasteiger partial charge in [-0.05, 0) is 37.5 Å². The van der Waals surface area contributed by atoms with Gasteiger partial charge >= 0.3 is 0 Å². The lowest BCUT2D eigenvalue weighted by molar-refractivity contribution is -0.135. The predicted molar refractivity (Wildman–Crippen MR) is 74.1 cm³/mol. The lowest BCUT2D eigenvalue weighted by atomic mass is 9.88. The Kier molecular flexibility index (Phi) is 4.66. The molecule has 0 aromatic carbocycles. The third-order valence-corrected chi connectivity index (χ3v) is 4.45. The van der Waals surface area contributed by atoms with Crippen LogP contribution < -0.4 is 5.73 Å². The molecular weight excluding hydrogens is 224 g/mol. The van der Waals surface area contributed by atoms with E-state index in [1.165, 1.54) is 44.9 Å². The molecule has 104 valence electrons. The van der Waals surface area contributed by atoms with Gasteiger partial charge in [-0.2, -0.15) is 0 Å². The number of nitrogens with two attached hydrogens (primary N) is 1. The SMILES string of the molecule is CC(C)C(N)C(=O)N(CC1CCCCC1)C1CC1. The van der Waals surface area contributed by atoms with E-state index < -0.39 is 0 Å². The third-order valence-electron chi connectivity index (χ3n) is 4.45. The predicted octanol–water partition coefficient (Wildman–Crippen LogP) is 2.54. The summed E-state index contributed by atoms with van der Waals surface area (Å²) >= 11 is 0. The topological polar surface area (TPSA) is 46.3 Å². The van der Waals surface area contributed by atoms with Crippen LogP contribution in [0.2, 0.25) is 0 Å². The van der Waals surface area contributed by atoms with E-state index in [0.717, 1.165) is 12.5 Å². The zero-order valence-electron chi connectivity index (χ0n) is 11.9. The summed E-state index contributed by atoms with van der Waals surface area (Å²) in [6, 6.07) is 0.193. The summed E-state index contributed by atoms with van der Waals surface area (Å²) in [6.45, 7) is 5.03. The standard InChI is InChI=1S/C15H28N2O/c1-11(2)14(16)15(18)17(13-8-9-13)10-12-6-4-3-5-7-12/h11-14H,3-10,16H2,1-2H3. The average molecular weight is 252 g/mol. The van der Waals surface area contributed by atoms with Crippen LogP contribution in [0.1, 0.15) is 58.8 Å². The van der Waals surface area contributed by atoms with Crippen LogP contribution in [-0.4, -0.2) is 29.4 Å². The Morgan fingerprint density at radius 2 is 1.78 bits per heavy atom. The second-order valence-electron chi connectivity index (χ2n) is 6.50. The molecule has 0 aliphatic heterocycles. The Hall–Kier alpha value is -0.570. The van der Waals surface area contributed by atoms with Crippen molar-refractivity contribution >= 4 is 5.91 Å². The van der Waals surface area contributed by atoms with E-state index in [9.17, 15) is 4.79 Å². The first-order chi connectivity index (χ1) is 8.59. The van der Waals surface area contributed by atoms with E-state index >= 15 is 0 Å². The highest BCUT2D eigenvalue weighted by Gasteiger charge is 2.36. The molecular formula is C15H28N2O. The summed E-state index contributed by atoms with van der Waals surface area (Å²) in [7, 11) is 0. The van der Waals surface area contributed by atoms with Gasteiger partial charge in [0.15, 0.2) is 0 Å². The van der Waals surface area contributed by atoms with Crippen LogP contribution in [0.25, 0.3) is 0 Å². The molecule has 2 aliphatic carbocycles. The van der Waals surface area contributed by atoms with Gasteiger partial charge in [0.25, 0.3) is 0 Å². The zero-order valence-corrected chi connectivity index (χ0v) is 11.9. The van der Waals surface area contributed by atoms with Gasteiger partial charge in [0.2, 0.25) is 5.91 Å². The van der Waals surface area contributed by atoms with Crippen molar-refractivity contribution in [3.8, 4) is 0 Å². The number of carbonyl (C=O) groups is 1. The van der Waals surface area contributed by atoms with Gasteiger partial charge in [-0.3, -0.25) is 4.79 Å². The van der Waals surface area contributed by atoms with E-state index in [1.54, 1.807) is 0 Å². The molecule has 0 aromatic heterocycles. The smallest absolute Gasteiger partial charge is 0.240 e. The van der Waals surface area contributed by atoms with E-state index in [4.69, 9.17) is 5.73 Å². The van der Waals surface area contributed by atoms with Crippen molar-refractivity contribution in [2.75, 3.05) is 6.54 Å². The van der Waals surface area contributed by atoms with Crippen LogP contribution in [0, 0.1) is 11.8 Å². The minimum atomic E-state index is -0.311. The Morgan fingerprint density at radius 3 is 2.28 bits per heavy atom. The van der Waals surface area contributed by atoms with Crippen LogP contribution >= 0.6 is 0 Å². The van der Waals surface area contributed by atoms with Gasteiger partial charge in [0.1, 0.15) is 0 Å². The second-order valence-corrected chi connectivity index (χ2v) is 6.50. The minimum Gasteiger partial charge on any atom is -0.338 e. The molecule has 3 nitrogen and oxygen atoms in total. The average Bonchev–Trinajstić information content (AvgIpc) is 3.19. The highest BCUT2D eigenvalue weighted by atomic mass is 16.2. The Labute approximate surface area is 111 Å². The van der Waals surface area contributed by atoms with Crippen molar-refractivity contribution in [1.82, 2.24) is 4.90 Å². The molecule has 2 aliphatic rings. The maximum absolute atomic E-state index is 12.4. The molecule has 1 atom stereocenters. The van der Waals surface area contributed by atoms with Crippen LogP contribution in [-0.2, 0) is 4.79 Å². The van der Waals surface area contributed by atoms with Crippen molar-refractivity contribution < 1.29 is 4.79 Å². The fourth-order valence-electron chi connectivity index (χ4n) is 2.93. The molecule has 2 N–H and O–H groups in total. The van der Waals surface area contributed by atoms with E-state index in [-0.39, 0.29) is 17.9 Å². The van der Waals surface area contributed by atoms with Gasteiger partial charge in [-0.25, -0.2) is 0 Å². The molecule has 0 radical (unpaired) electrons. The largest absolute Gasteiger partial charge is 0.338 e. The van der Waals surface area contributed by atoms with Crippen LogP contribution in [0.4, 0.5) is 0 Å². The number of amides is 1. The van der Waals surface area contributed by atoms with Crippen molar-refractivity contribution in [2.45, 2.75) is 70.9 Å². The van der Waals surface area contributed by atoms with Gasteiger partial charge in [-0.1, -0.05) is 33.1 Å². The van der Waals surface area contributed by atoms with Gasteiger partial charge in [0.05, 0.1) is 6.04 Å². The maximum atomic E-state index is 12.4. The molecule has 2 fully saturated rings. The molecule has 1 unspecified atom stereocenters. The number of rotatable bonds is 5. The van der Waals surface area contributed by atoms with Gasteiger partial charge in [0, 0.05) is 12.6 Å². The van der Waals surface area contributed by atoms with E-state index in [2.05, 4.69) is 4.90 Å². The molecule has 2 saturated carbocycles. The fraction of sp³-hybridized carbons (Fsp3) is 0.933. The molecule has 0 spiro atoms. The first kappa shape index (κ1) is 13.9. The van der Waals surface area contributed by atoms with Crippen molar-refractivity contribution in [3.63, 3.8) is 0 Å². The highest BCUT2D eigenvalue weighted by molar-refractivity contribution is 5.82. The number of carbonyl (C=O) groups excluding carboxylic acids is 1. The van der Waals surface area contributed by atoms with Crippen molar-refractivity contribution in [3.05, 3.63) is 0 Å². The molecule has 2 rings (SSSR count). The minimum absolute atomic E-state index is 0.193. The van der Waals surface area contributed by atoms with Crippen molar-refractivity contribution in [1.29, 1.82) is 0 Å². The molecule has 3 heteroatoms. The van der Waals surface area contributed by atoms with Crippen molar-refractivity contribution in [2.24, 2.45) is 17.6 Å². The van der Waals surface area contributed by atoms with E-state index in [0.29, 0.717) is 6.04 Å². The van der Waals surface area contributed by atoms with Crippen LogP contribution in [0.15, 0.2) is 0 Å². The Morgan fingerprint density at radius 1 is 1.17 bits per heavy atom. The molecule has 18 heavy (non-hydrogen) atoms. The van der Waals surface area contributed by atoms with E-state index in [1.807, 2.05) is 13.8 Å².